The summed E-state index contributed by atoms with van der Waals surface area (Å²) in [5.41, 5.74) is 0.0231. The van der Waals surface area contributed by atoms with Gasteiger partial charge in [0.15, 0.2) is 0 Å². The zero-order chi connectivity index (χ0) is 15.3. The molecule has 0 aliphatic rings. The number of halogens is 2. The van der Waals surface area contributed by atoms with Gasteiger partial charge in [-0.25, -0.2) is 4.79 Å². The highest BCUT2D eigenvalue weighted by molar-refractivity contribution is 9.11. The van der Waals surface area contributed by atoms with Crippen molar-refractivity contribution in [3.05, 3.63) is 27.1 Å². The van der Waals surface area contributed by atoms with E-state index in [-0.39, 0.29) is 12.5 Å². The second kappa shape index (κ2) is 7.08. The number of carboxylic acid groups (broad SMARTS) is 1. The highest BCUT2D eigenvalue weighted by Crippen LogP contribution is 2.30. The Hall–Kier alpha value is -1.08. The second-order valence-corrected chi connectivity index (χ2v) is 6.66. The van der Waals surface area contributed by atoms with Crippen molar-refractivity contribution in [2.24, 2.45) is 0 Å². The van der Waals surface area contributed by atoms with E-state index in [0.717, 1.165) is 8.95 Å². The maximum Gasteiger partial charge on any atom is 0.319 e. The largest absolute Gasteiger partial charge is 0.481 e. The average molecular weight is 408 g/mol. The normalized spacial score (nSPS) is 11.0. The van der Waals surface area contributed by atoms with Crippen LogP contribution in [0.5, 0.6) is 0 Å². The number of para-hydroxylation sites is 1. The third kappa shape index (κ3) is 5.50. The summed E-state index contributed by atoms with van der Waals surface area (Å²) in [6, 6.07) is 5.09. The van der Waals surface area contributed by atoms with E-state index in [9.17, 15) is 9.59 Å². The van der Waals surface area contributed by atoms with Gasteiger partial charge in [0, 0.05) is 20.9 Å². The van der Waals surface area contributed by atoms with Crippen LogP contribution >= 0.6 is 31.9 Å². The molecule has 20 heavy (non-hydrogen) atoms. The van der Waals surface area contributed by atoms with Gasteiger partial charge in [0.05, 0.1) is 5.69 Å². The van der Waals surface area contributed by atoms with Gasteiger partial charge in [-0.1, -0.05) is 6.07 Å². The van der Waals surface area contributed by atoms with Crippen molar-refractivity contribution in [2.45, 2.75) is 32.2 Å². The first kappa shape index (κ1) is 17.0. The molecule has 5 nitrogen and oxygen atoms in total. The van der Waals surface area contributed by atoms with Gasteiger partial charge in [-0.2, -0.15) is 0 Å². The smallest absolute Gasteiger partial charge is 0.319 e. The number of nitrogens with one attached hydrogen (secondary N) is 2. The summed E-state index contributed by atoms with van der Waals surface area (Å²) in [6.07, 6.45) is 0.360. The predicted octanol–water partition coefficient (Wildman–Crippen LogP) is 3.98. The Morgan fingerprint density at radius 1 is 1.25 bits per heavy atom. The molecule has 1 aromatic carbocycles. The third-order valence-electron chi connectivity index (χ3n) is 2.62. The predicted molar refractivity (Wildman–Crippen MR) is 84.9 cm³/mol. The Morgan fingerprint density at radius 3 is 2.30 bits per heavy atom. The number of urea groups is 1. The van der Waals surface area contributed by atoms with E-state index in [1.807, 2.05) is 18.2 Å². The lowest BCUT2D eigenvalue weighted by atomic mass is 9.99. The third-order valence-corrected chi connectivity index (χ3v) is 3.94. The maximum atomic E-state index is 12.0. The zero-order valence-corrected chi connectivity index (χ0v) is 14.3. The van der Waals surface area contributed by atoms with Crippen LogP contribution in [0.15, 0.2) is 27.1 Å². The summed E-state index contributed by atoms with van der Waals surface area (Å²) in [6.45, 7) is 3.56. The molecule has 0 heterocycles. The summed E-state index contributed by atoms with van der Waals surface area (Å²) in [7, 11) is 0. The fraction of sp³-hybridized carbons (Fsp3) is 0.385. The first-order valence-corrected chi connectivity index (χ1v) is 7.55. The molecule has 0 spiro atoms. The Balaban J connectivity index is 2.65. The average Bonchev–Trinajstić information content (AvgIpc) is 2.31. The molecule has 0 atom stereocenters. The van der Waals surface area contributed by atoms with E-state index in [1.165, 1.54) is 0 Å². The molecular formula is C13H16Br2N2O3. The number of carbonyl (C=O) groups excluding carboxylic acids is 1. The van der Waals surface area contributed by atoms with Crippen LogP contribution < -0.4 is 10.6 Å². The van der Waals surface area contributed by atoms with Crippen molar-refractivity contribution < 1.29 is 14.7 Å². The molecule has 0 radical (unpaired) electrons. The van der Waals surface area contributed by atoms with E-state index >= 15 is 0 Å². The molecular weight excluding hydrogens is 392 g/mol. The van der Waals surface area contributed by atoms with Gasteiger partial charge in [-0.05, 0) is 64.3 Å². The molecule has 7 heteroatoms. The lowest BCUT2D eigenvalue weighted by Crippen LogP contribution is -2.45. The molecule has 110 valence electrons. The number of carboxylic acids is 1. The summed E-state index contributed by atoms with van der Waals surface area (Å²) in [4.78, 5) is 22.5. The monoisotopic (exact) mass is 406 g/mol. The van der Waals surface area contributed by atoms with Crippen molar-refractivity contribution in [3.63, 3.8) is 0 Å². The number of hydrogen-bond acceptors (Lipinski definition) is 2. The molecule has 0 aliphatic carbocycles. The van der Waals surface area contributed by atoms with Gasteiger partial charge < -0.3 is 15.7 Å². The van der Waals surface area contributed by atoms with Crippen LogP contribution in [0.2, 0.25) is 0 Å². The lowest BCUT2D eigenvalue weighted by molar-refractivity contribution is -0.137. The summed E-state index contributed by atoms with van der Waals surface area (Å²) in [5.74, 6) is -0.881. The molecule has 0 unspecified atom stereocenters. The molecule has 0 bridgehead atoms. The Morgan fingerprint density at radius 2 is 1.80 bits per heavy atom. The molecule has 1 rings (SSSR count). The van der Waals surface area contributed by atoms with Gasteiger partial charge in [0.1, 0.15) is 0 Å². The molecule has 0 aliphatic heterocycles. The molecule has 1 aromatic rings. The minimum absolute atomic E-state index is 0.00596. The molecule has 3 N–H and O–H groups in total. The van der Waals surface area contributed by atoms with Gasteiger partial charge in [0.2, 0.25) is 0 Å². The van der Waals surface area contributed by atoms with Crippen LogP contribution in [-0.2, 0) is 4.79 Å². The Labute approximate surface area is 134 Å². The maximum absolute atomic E-state index is 12.0. The minimum Gasteiger partial charge on any atom is -0.481 e. The Kier molecular flexibility index (Phi) is 6.01. The van der Waals surface area contributed by atoms with Crippen LogP contribution in [0.25, 0.3) is 0 Å². The topological polar surface area (TPSA) is 78.4 Å². The SMILES string of the molecule is CC(C)(CCC(=O)O)NC(=O)Nc1c(Br)cccc1Br. The van der Waals surface area contributed by atoms with E-state index < -0.39 is 11.5 Å². The van der Waals surface area contributed by atoms with Gasteiger partial charge in [-0.15, -0.1) is 0 Å². The molecule has 0 fully saturated rings. The molecule has 0 saturated carbocycles. The first-order valence-electron chi connectivity index (χ1n) is 5.96. The second-order valence-electron chi connectivity index (χ2n) is 4.95. The number of benzene rings is 1. The van der Waals surface area contributed by atoms with E-state index in [0.29, 0.717) is 12.1 Å². The van der Waals surface area contributed by atoms with Crippen molar-refractivity contribution in [1.82, 2.24) is 5.32 Å². The van der Waals surface area contributed by atoms with Crippen molar-refractivity contribution >= 4 is 49.5 Å². The van der Waals surface area contributed by atoms with Crippen molar-refractivity contribution in [1.29, 1.82) is 0 Å². The Bertz CT molecular complexity index is 498. The number of amides is 2. The van der Waals surface area contributed by atoms with E-state index in [1.54, 1.807) is 13.8 Å². The number of hydrogen-bond donors (Lipinski definition) is 3. The molecule has 0 saturated heterocycles. The van der Waals surface area contributed by atoms with Gasteiger partial charge >= 0.3 is 12.0 Å². The van der Waals surface area contributed by atoms with Crippen molar-refractivity contribution in [2.75, 3.05) is 5.32 Å². The zero-order valence-electron chi connectivity index (χ0n) is 11.2. The van der Waals surface area contributed by atoms with Crippen LogP contribution in [0, 0.1) is 0 Å². The summed E-state index contributed by atoms with van der Waals surface area (Å²) < 4.78 is 1.51. The van der Waals surface area contributed by atoms with Crippen LogP contribution in [-0.4, -0.2) is 22.6 Å². The number of carbonyl (C=O) groups is 2. The number of rotatable bonds is 5. The van der Waals surface area contributed by atoms with Crippen LogP contribution in [0.3, 0.4) is 0 Å². The standard InChI is InChI=1S/C13H16Br2N2O3/c1-13(2,7-6-10(18)19)17-12(20)16-11-8(14)4-3-5-9(11)15/h3-5H,6-7H2,1-2H3,(H,18,19)(H2,16,17,20). The van der Waals surface area contributed by atoms with Crippen LogP contribution in [0.4, 0.5) is 10.5 Å². The quantitative estimate of drug-likeness (QED) is 0.690. The van der Waals surface area contributed by atoms with Crippen molar-refractivity contribution in [3.8, 4) is 0 Å². The first-order chi connectivity index (χ1) is 9.21. The lowest BCUT2D eigenvalue weighted by Gasteiger charge is -2.26. The number of anilines is 1. The highest BCUT2D eigenvalue weighted by Gasteiger charge is 2.22. The fourth-order valence-electron chi connectivity index (χ4n) is 1.55. The molecule has 2 amide bonds. The van der Waals surface area contributed by atoms with Gasteiger partial charge in [-0.3, -0.25) is 4.79 Å². The highest BCUT2D eigenvalue weighted by atomic mass is 79.9. The molecule has 0 aromatic heterocycles. The van der Waals surface area contributed by atoms with E-state index in [2.05, 4.69) is 42.5 Å². The van der Waals surface area contributed by atoms with Gasteiger partial charge in [0.25, 0.3) is 0 Å². The number of aliphatic carboxylic acids is 1. The fourth-order valence-corrected chi connectivity index (χ4v) is 2.75. The van der Waals surface area contributed by atoms with E-state index in [4.69, 9.17) is 5.11 Å². The summed E-state index contributed by atoms with van der Waals surface area (Å²) >= 11 is 6.71. The van der Waals surface area contributed by atoms with Crippen LogP contribution in [0.1, 0.15) is 26.7 Å². The minimum atomic E-state index is -0.881. The summed E-state index contributed by atoms with van der Waals surface area (Å²) in [5, 5.41) is 14.2.